The van der Waals surface area contributed by atoms with Gasteiger partial charge in [-0.1, -0.05) is 152 Å². The molecule has 404 valence electrons. The summed E-state index contributed by atoms with van der Waals surface area (Å²) in [6.45, 7) is 13.8. The number of hydrogen-bond acceptors (Lipinski definition) is 8. The number of pyridine rings is 1. The van der Waals surface area contributed by atoms with Crippen molar-refractivity contribution < 1.29 is 37.6 Å². The van der Waals surface area contributed by atoms with Crippen molar-refractivity contribution in [2.75, 3.05) is 19.7 Å². The molecule has 9 nitrogen and oxygen atoms in total. The molecular formula is C71H69N2O7+. The number of hydrogen-bond donors (Lipinski definition) is 0. The third-order valence-corrected chi connectivity index (χ3v) is 15.5. The Balaban J connectivity index is 0.927. The lowest BCUT2D eigenvalue weighted by molar-refractivity contribution is -0.985. The summed E-state index contributed by atoms with van der Waals surface area (Å²) in [5, 5.41) is 1.11. The van der Waals surface area contributed by atoms with Crippen LogP contribution < -0.4 is 28.4 Å². The highest BCUT2D eigenvalue weighted by Crippen LogP contribution is 2.49. The monoisotopic (exact) mass is 1060 g/mol. The van der Waals surface area contributed by atoms with E-state index in [0.29, 0.717) is 79.4 Å². The van der Waals surface area contributed by atoms with Crippen LogP contribution in [-0.4, -0.2) is 35.2 Å². The fraction of sp³-hybridized carbons (Fsp3) is 0.225. The topological polar surface area (TPSA) is 77.5 Å². The van der Waals surface area contributed by atoms with Gasteiger partial charge in [0.2, 0.25) is 0 Å². The van der Waals surface area contributed by atoms with Crippen LogP contribution >= 0.6 is 0 Å². The number of piperidine rings is 3. The summed E-state index contributed by atoms with van der Waals surface area (Å²) in [5.41, 5.74) is 9.33. The lowest BCUT2D eigenvalue weighted by atomic mass is 9.71. The van der Waals surface area contributed by atoms with E-state index in [1.165, 1.54) is 0 Å². The molecule has 3 saturated heterocycles. The number of para-hydroxylation sites is 1. The SMILES string of the molecule is C=CCO[C@H](c1ccnc2ccccc12)[C@@H]1C[C@@H]2CC[N@@+]1(Cc1cc(OCc3cc(OCc4ccccc4)cc(OCc4ccccc4)c3)cc(OCc3cc(OCc4ccccc4)cc(OCc4ccccc4)c3)c1)C[C@@H]2C=C. The molecule has 12 rings (SSSR count). The summed E-state index contributed by atoms with van der Waals surface area (Å²) in [6.07, 6.45) is 7.88. The predicted octanol–water partition coefficient (Wildman–Crippen LogP) is 15.6. The van der Waals surface area contributed by atoms with Gasteiger partial charge in [-0.2, -0.15) is 0 Å². The van der Waals surface area contributed by atoms with Crippen LogP contribution in [0.5, 0.6) is 34.5 Å². The van der Waals surface area contributed by atoms with Crippen LogP contribution in [0.2, 0.25) is 0 Å². The largest absolute Gasteiger partial charge is 0.489 e. The predicted molar refractivity (Wildman–Crippen MR) is 316 cm³/mol. The first-order valence-corrected chi connectivity index (χ1v) is 27.8. The quantitative estimate of drug-likeness (QED) is 0.0392. The Labute approximate surface area is 470 Å². The molecule has 3 fully saturated rings. The summed E-state index contributed by atoms with van der Waals surface area (Å²) in [6, 6.07) is 69.8. The van der Waals surface area contributed by atoms with Crippen molar-refractivity contribution >= 4 is 10.9 Å². The molecule has 8 aromatic carbocycles. The molecule has 0 spiro atoms. The highest BCUT2D eigenvalue weighted by atomic mass is 16.5. The molecule has 0 saturated carbocycles. The van der Waals surface area contributed by atoms with Gasteiger partial charge in [-0.05, 0) is 93.4 Å². The van der Waals surface area contributed by atoms with Crippen LogP contribution in [0.1, 0.15) is 63.5 Å². The molecule has 4 heterocycles. The van der Waals surface area contributed by atoms with Crippen LogP contribution in [0.15, 0.2) is 238 Å². The Morgan fingerprint density at radius 1 is 0.475 bits per heavy atom. The number of quaternary nitrogens is 1. The molecule has 3 aliphatic rings. The minimum atomic E-state index is -0.200. The van der Waals surface area contributed by atoms with Gasteiger partial charge in [-0.15, -0.1) is 13.2 Å². The van der Waals surface area contributed by atoms with Gasteiger partial charge < -0.3 is 37.6 Å². The van der Waals surface area contributed by atoms with Crippen molar-refractivity contribution in [2.45, 2.75) is 71.2 Å². The smallest absolute Gasteiger partial charge is 0.135 e. The van der Waals surface area contributed by atoms with Gasteiger partial charge in [0, 0.05) is 54.1 Å². The van der Waals surface area contributed by atoms with Crippen LogP contribution in [0.4, 0.5) is 0 Å². The standard InChI is InChI=1S/C71H69N2O7/c1-3-33-74-71(68-29-31-72-69-28-18-17-27-67(68)69)70-40-60-30-32-73(70,45-59(60)4-2)44-56-34-61(79-50-57-36-63(75-46-52-19-9-5-10-20-52)42-64(37-57)76-47-53-21-11-6-12-22-53)41-62(35-56)80-51-58-38-65(77-48-54-23-13-7-14-24-54)43-66(39-58)78-49-55-25-15-8-16-26-55/h3-29,31,34-39,41-43,59-60,70-71H,1-2,30,32-33,40,44-51H2/q+1/t59-,60-,70-,71+,73+/m0/s1. The van der Waals surface area contributed by atoms with Crippen molar-refractivity contribution in [2.24, 2.45) is 11.8 Å². The zero-order valence-corrected chi connectivity index (χ0v) is 45.3. The molecule has 1 aromatic heterocycles. The summed E-state index contributed by atoms with van der Waals surface area (Å²) < 4.78 is 47.3. The van der Waals surface area contributed by atoms with E-state index < -0.39 is 0 Å². The molecule has 3 aliphatic heterocycles. The van der Waals surface area contributed by atoms with E-state index in [1.807, 2.05) is 134 Å². The van der Waals surface area contributed by atoms with E-state index in [1.54, 1.807) is 0 Å². The Bertz CT molecular complexity index is 3180. The maximum absolute atomic E-state index is 6.96. The third-order valence-electron chi connectivity index (χ3n) is 15.5. The maximum Gasteiger partial charge on any atom is 0.135 e. The van der Waals surface area contributed by atoms with Gasteiger partial charge >= 0.3 is 0 Å². The number of aromatic nitrogens is 1. The normalized spacial score (nSPS) is 17.7. The van der Waals surface area contributed by atoms with E-state index in [4.69, 9.17) is 38.1 Å². The first kappa shape index (κ1) is 53.4. The van der Waals surface area contributed by atoms with E-state index in [-0.39, 0.29) is 25.4 Å². The van der Waals surface area contributed by atoms with Crippen LogP contribution in [0.3, 0.4) is 0 Å². The lowest BCUT2D eigenvalue weighted by Crippen LogP contribution is -2.67. The second-order valence-corrected chi connectivity index (χ2v) is 21.1. The van der Waals surface area contributed by atoms with Crippen LogP contribution in [0, 0.1) is 11.8 Å². The fourth-order valence-electron chi connectivity index (χ4n) is 11.6. The van der Waals surface area contributed by atoms with E-state index in [2.05, 4.69) is 104 Å². The zero-order valence-electron chi connectivity index (χ0n) is 45.3. The number of benzene rings is 8. The molecule has 80 heavy (non-hydrogen) atoms. The minimum absolute atomic E-state index is 0.144. The average molecular weight is 1060 g/mol. The Kier molecular flexibility index (Phi) is 17.3. The second kappa shape index (κ2) is 25.9. The number of nitrogens with zero attached hydrogens (tertiary/aromatic N) is 2. The van der Waals surface area contributed by atoms with E-state index in [9.17, 15) is 0 Å². The highest BCUT2D eigenvalue weighted by molar-refractivity contribution is 5.82. The molecule has 5 atom stereocenters. The molecule has 0 aliphatic carbocycles. The Hall–Kier alpha value is -8.63. The summed E-state index contributed by atoms with van der Waals surface area (Å²) in [5.74, 6) is 5.04. The molecule has 2 bridgehead atoms. The van der Waals surface area contributed by atoms with Gasteiger partial charge in [0.15, 0.2) is 0 Å². The van der Waals surface area contributed by atoms with E-state index >= 15 is 0 Å². The zero-order chi connectivity index (χ0) is 54.4. The highest BCUT2D eigenvalue weighted by Gasteiger charge is 2.54. The van der Waals surface area contributed by atoms with Gasteiger partial charge in [-0.3, -0.25) is 4.98 Å². The average Bonchev–Trinajstić information content (AvgIpc) is 3.71. The molecule has 0 radical (unpaired) electrons. The molecule has 9 heteroatoms. The molecule has 0 amide bonds. The van der Waals surface area contributed by atoms with Crippen LogP contribution in [0.25, 0.3) is 10.9 Å². The van der Waals surface area contributed by atoms with Crippen LogP contribution in [-0.2, 0) is 50.9 Å². The van der Waals surface area contributed by atoms with Gasteiger partial charge in [0.1, 0.15) is 92.8 Å². The van der Waals surface area contributed by atoms with Crippen molar-refractivity contribution in [1.29, 1.82) is 0 Å². The second-order valence-electron chi connectivity index (χ2n) is 21.1. The van der Waals surface area contributed by atoms with Gasteiger partial charge in [0.05, 0.1) is 25.2 Å². The molecule has 0 N–H and O–H groups in total. The number of fused-ring (bicyclic) bond motifs is 4. The Morgan fingerprint density at radius 3 is 1.32 bits per heavy atom. The number of ether oxygens (including phenoxy) is 7. The maximum atomic E-state index is 6.96. The number of rotatable bonds is 26. The first-order chi connectivity index (χ1) is 39.4. The third kappa shape index (κ3) is 13.6. The van der Waals surface area contributed by atoms with Gasteiger partial charge in [-0.25, -0.2) is 0 Å². The summed E-state index contributed by atoms with van der Waals surface area (Å²) in [4.78, 5) is 4.76. The summed E-state index contributed by atoms with van der Waals surface area (Å²) >= 11 is 0. The Morgan fingerprint density at radius 2 is 0.887 bits per heavy atom. The van der Waals surface area contributed by atoms with E-state index in [0.717, 1.165) is 92.4 Å². The van der Waals surface area contributed by atoms with Crippen molar-refractivity contribution in [1.82, 2.24) is 4.98 Å². The molecular weight excluding hydrogens is 993 g/mol. The fourth-order valence-corrected chi connectivity index (χ4v) is 11.6. The molecule has 9 aromatic rings. The minimum Gasteiger partial charge on any atom is -0.489 e. The molecule has 0 unspecified atom stereocenters. The van der Waals surface area contributed by atoms with Crippen molar-refractivity contribution in [3.63, 3.8) is 0 Å². The summed E-state index contributed by atoms with van der Waals surface area (Å²) in [7, 11) is 0. The van der Waals surface area contributed by atoms with Crippen molar-refractivity contribution in [3.8, 4) is 34.5 Å². The van der Waals surface area contributed by atoms with Gasteiger partial charge in [0.25, 0.3) is 0 Å². The lowest BCUT2D eigenvalue weighted by Gasteiger charge is -2.58. The first-order valence-electron chi connectivity index (χ1n) is 27.8. The van der Waals surface area contributed by atoms with Crippen molar-refractivity contribution in [3.05, 3.63) is 282 Å².